The number of piperidine rings is 1. The van der Waals surface area contributed by atoms with Gasteiger partial charge in [0.25, 0.3) is 5.91 Å². The molecule has 1 fully saturated rings. The largest absolute Gasteiger partial charge is 0.356 e. The maximum atomic E-state index is 14.3. The van der Waals surface area contributed by atoms with Gasteiger partial charge in [-0.25, -0.2) is 14.1 Å². The predicted molar refractivity (Wildman–Crippen MR) is 130 cm³/mol. The second-order valence-corrected chi connectivity index (χ2v) is 9.61. The molecule has 0 spiro atoms. The molecule has 1 aliphatic heterocycles. The SMILES string of the molecule is Cc1cc(NC(=O)c2cnn(-c3ccc(Cl)cc3)c2C)cnc1N1CCC(C(C)(C)F)CC1. The van der Waals surface area contributed by atoms with Gasteiger partial charge in [-0.2, -0.15) is 5.10 Å². The molecule has 0 radical (unpaired) electrons. The number of hydrogen-bond donors (Lipinski definition) is 1. The third kappa shape index (κ3) is 5.03. The Hall–Kier alpha value is -2.93. The van der Waals surface area contributed by atoms with Gasteiger partial charge in [0.05, 0.1) is 35.0 Å². The van der Waals surface area contributed by atoms with Crippen molar-refractivity contribution in [2.75, 3.05) is 23.3 Å². The molecule has 1 aromatic carbocycles. The molecule has 6 nitrogen and oxygen atoms in total. The number of alkyl halides is 1. The van der Waals surface area contributed by atoms with Crippen LogP contribution >= 0.6 is 11.6 Å². The summed E-state index contributed by atoms with van der Waals surface area (Å²) >= 11 is 5.96. The van der Waals surface area contributed by atoms with Crippen molar-refractivity contribution in [2.24, 2.45) is 5.92 Å². The Balaban J connectivity index is 1.44. The topological polar surface area (TPSA) is 63.1 Å². The van der Waals surface area contributed by atoms with Crippen LogP contribution in [0.25, 0.3) is 5.69 Å². The Kier molecular flexibility index (Phi) is 6.43. The van der Waals surface area contributed by atoms with Crippen LogP contribution in [0.5, 0.6) is 0 Å². The van der Waals surface area contributed by atoms with Crippen molar-refractivity contribution in [2.45, 2.75) is 46.2 Å². The Labute approximate surface area is 198 Å². The van der Waals surface area contributed by atoms with Gasteiger partial charge < -0.3 is 10.2 Å². The van der Waals surface area contributed by atoms with Crippen LogP contribution in [0.4, 0.5) is 15.9 Å². The Bertz CT molecular complexity index is 1140. The van der Waals surface area contributed by atoms with Gasteiger partial charge >= 0.3 is 0 Å². The number of nitrogens with one attached hydrogen (secondary N) is 1. The minimum absolute atomic E-state index is 0.0737. The first kappa shape index (κ1) is 23.2. The number of hydrogen-bond acceptors (Lipinski definition) is 4. The molecule has 3 aromatic rings. The van der Waals surface area contributed by atoms with E-state index in [4.69, 9.17) is 11.6 Å². The van der Waals surface area contributed by atoms with Gasteiger partial charge in [0.2, 0.25) is 0 Å². The van der Waals surface area contributed by atoms with Crippen LogP contribution in [0.15, 0.2) is 42.7 Å². The van der Waals surface area contributed by atoms with Crippen molar-refractivity contribution in [3.63, 3.8) is 0 Å². The van der Waals surface area contributed by atoms with Gasteiger partial charge in [-0.1, -0.05) is 11.6 Å². The summed E-state index contributed by atoms with van der Waals surface area (Å²) in [5.74, 6) is 0.715. The summed E-state index contributed by atoms with van der Waals surface area (Å²) < 4.78 is 16.0. The van der Waals surface area contributed by atoms with E-state index in [1.807, 2.05) is 32.0 Å². The molecule has 0 aliphatic carbocycles. The average molecular weight is 470 g/mol. The van der Waals surface area contributed by atoms with Crippen molar-refractivity contribution < 1.29 is 9.18 Å². The van der Waals surface area contributed by atoms with Crippen LogP contribution in [0.3, 0.4) is 0 Å². The van der Waals surface area contributed by atoms with Crippen LogP contribution in [0.2, 0.25) is 5.02 Å². The molecule has 4 rings (SSSR count). The lowest BCUT2D eigenvalue weighted by atomic mass is 9.84. The number of amides is 1. The molecule has 1 amide bonds. The summed E-state index contributed by atoms with van der Waals surface area (Å²) in [5.41, 5.74) is 2.50. The molecule has 1 aliphatic rings. The predicted octanol–water partition coefficient (Wildman–Crippen LogP) is 5.75. The molecular formula is C25H29ClFN5O. The van der Waals surface area contributed by atoms with Crippen molar-refractivity contribution in [1.29, 1.82) is 0 Å². The summed E-state index contributed by atoms with van der Waals surface area (Å²) in [6.45, 7) is 8.71. The first-order valence-corrected chi connectivity index (χ1v) is 11.5. The van der Waals surface area contributed by atoms with Crippen LogP contribution in [0.1, 0.15) is 48.3 Å². The van der Waals surface area contributed by atoms with Gasteiger partial charge in [-0.15, -0.1) is 0 Å². The fraction of sp³-hybridized carbons (Fsp3) is 0.400. The zero-order valence-electron chi connectivity index (χ0n) is 19.4. The van der Waals surface area contributed by atoms with Crippen molar-refractivity contribution in [1.82, 2.24) is 14.8 Å². The van der Waals surface area contributed by atoms with Gasteiger partial charge in [0, 0.05) is 18.1 Å². The summed E-state index contributed by atoms with van der Waals surface area (Å²) in [6, 6.07) is 9.20. The second-order valence-electron chi connectivity index (χ2n) is 9.18. The van der Waals surface area contributed by atoms with E-state index in [-0.39, 0.29) is 11.8 Å². The first-order valence-electron chi connectivity index (χ1n) is 11.2. The Morgan fingerprint density at radius 2 is 1.82 bits per heavy atom. The lowest BCUT2D eigenvalue weighted by Crippen LogP contribution is -2.40. The quantitative estimate of drug-likeness (QED) is 0.516. The van der Waals surface area contributed by atoms with E-state index in [0.717, 1.165) is 48.7 Å². The molecule has 0 bridgehead atoms. The van der Waals surface area contributed by atoms with Gasteiger partial charge in [-0.3, -0.25) is 4.79 Å². The van der Waals surface area contributed by atoms with E-state index < -0.39 is 5.67 Å². The van der Waals surface area contributed by atoms with E-state index >= 15 is 0 Å². The molecule has 1 N–H and O–H groups in total. The molecule has 8 heteroatoms. The number of aryl methyl sites for hydroxylation is 1. The summed E-state index contributed by atoms with van der Waals surface area (Å²) in [6.07, 6.45) is 4.84. The number of carbonyl (C=O) groups excluding carboxylic acids is 1. The van der Waals surface area contributed by atoms with E-state index in [1.54, 1.807) is 43.1 Å². The smallest absolute Gasteiger partial charge is 0.259 e. The minimum Gasteiger partial charge on any atom is -0.356 e. The third-order valence-corrected chi connectivity index (χ3v) is 6.65. The number of aromatic nitrogens is 3. The van der Waals surface area contributed by atoms with Crippen molar-refractivity contribution >= 4 is 29.0 Å². The lowest BCUT2D eigenvalue weighted by molar-refractivity contribution is 0.102. The molecule has 0 saturated carbocycles. The molecule has 3 heterocycles. The van der Waals surface area contributed by atoms with Crippen LogP contribution in [0, 0.1) is 19.8 Å². The van der Waals surface area contributed by atoms with Crippen molar-refractivity contribution in [3.05, 3.63) is 64.6 Å². The summed E-state index contributed by atoms with van der Waals surface area (Å²) in [5, 5.41) is 7.93. The summed E-state index contributed by atoms with van der Waals surface area (Å²) in [4.78, 5) is 19.7. The molecule has 2 aromatic heterocycles. The zero-order valence-corrected chi connectivity index (χ0v) is 20.2. The first-order chi connectivity index (χ1) is 15.6. The second kappa shape index (κ2) is 9.14. The Morgan fingerprint density at radius 3 is 2.42 bits per heavy atom. The third-order valence-electron chi connectivity index (χ3n) is 6.40. The summed E-state index contributed by atoms with van der Waals surface area (Å²) in [7, 11) is 0. The number of anilines is 2. The lowest BCUT2D eigenvalue weighted by Gasteiger charge is -2.37. The fourth-order valence-corrected chi connectivity index (χ4v) is 4.54. The van der Waals surface area contributed by atoms with Crippen LogP contribution in [-0.2, 0) is 0 Å². The molecule has 0 atom stereocenters. The van der Waals surface area contributed by atoms with E-state index in [9.17, 15) is 9.18 Å². The van der Waals surface area contributed by atoms with Crippen LogP contribution in [-0.4, -0.2) is 39.4 Å². The highest BCUT2D eigenvalue weighted by Gasteiger charge is 2.32. The molecule has 1 saturated heterocycles. The van der Waals surface area contributed by atoms with Gasteiger partial charge in [0.15, 0.2) is 0 Å². The highest BCUT2D eigenvalue weighted by Crippen LogP contribution is 2.33. The van der Waals surface area contributed by atoms with E-state index in [0.29, 0.717) is 16.3 Å². The zero-order chi connectivity index (χ0) is 23.8. The van der Waals surface area contributed by atoms with Crippen molar-refractivity contribution in [3.8, 4) is 5.69 Å². The highest BCUT2D eigenvalue weighted by atomic mass is 35.5. The standard InChI is InChI=1S/C25H29ClFN5O/c1-16-13-20(14-28-23(16)31-11-9-18(10-12-31)25(3,4)27)30-24(33)22-15-29-32(17(22)2)21-7-5-19(26)6-8-21/h5-8,13-15,18H,9-12H2,1-4H3,(H,30,33). The van der Waals surface area contributed by atoms with Gasteiger partial charge in [-0.05, 0) is 82.3 Å². The molecular weight excluding hydrogens is 441 g/mol. The minimum atomic E-state index is -1.15. The number of pyridine rings is 1. The number of benzene rings is 1. The number of halogens is 2. The molecule has 33 heavy (non-hydrogen) atoms. The van der Waals surface area contributed by atoms with E-state index in [1.165, 1.54) is 0 Å². The number of rotatable bonds is 5. The van der Waals surface area contributed by atoms with Crippen LogP contribution < -0.4 is 10.2 Å². The fourth-order valence-electron chi connectivity index (χ4n) is 4.42. The maximum Gasteiger partial charge on any atom is 0.259 e. The molecule has 174 valence electrons. The average Bonchev–Trinajstić information content (AvgIpc) is 3.15. The highest BCUT2D eigenvalue weighted by molar-refractivity contribution is 6.30. The molecule has 0 unspecified atom stereocenters. The van der Waals surface area contributed by atoms with E-state index in [2.05, 4.69) is 20.3 Å². The normalized spacial score (nSPS) is 15.0. The number of nitrogens with zero attached hydrogens (tertiary/aromatic N) is 4. The number of carbonyl (C=O) groups is 1. The maximum absolute atomic E-state index is 14.3. The Morgan fingerprint density at radius 1 is 1.15 bits per heavy atom. The van der Waals surface area contributed by atoms with Gasteiger partial charge in [0.1, 0.15) is 11.5 Å². The monoisotopic (exact) mass is 469 g/mol.